The van der Waals surface area contributed by atoms with E-state index in [1.807, 2.05) is 0 Å². The van der Waals surface area contributed by atoms with Crippen molar-refractivity contribution in [2.24, 2.45) is 0 Å². The van der Waals surface area contributed by atoms with Gasteiger partial charge in [-0.25, -0.2) is 17.2 Å². The summed E-state index contributed by atoms with van der Waals surface area (Å²) < 4.78 is 90.4. The zero-order chi connectivity index (χ0) is 17.4. The van der Waals surface area contributed by atoms with Gasteiger partial charge in [-0.2, -0.15) is 13.2 Å². The highest BCUT2D eigenvalue weighted by atomic mass is 32.2. The zero-order valence-electron chi connectivity index (χ0n) is 11.6. The lowest BCUT2D eigenvalue weighted by Crippen LogP contribution is -2.16. The van der Waals surface area contributed by atoms with Crippen LogP contribution in [-0.2, 0) is 16.2 Å². The van der Waals surface area contributed by atoms with Crippen LogP contribution < -0.4 is 4.72 Å². The molecule has 0 radical (unpaired) electrons. The summed E-state index contributed by atoms with van der Waals surface area (Å²) in [5, 5.41) is 0. The van der Waals surface area contributed by atoms with Gasteiger partial charge in [-0.3, -0.25) is 4.72 Å². The fourth-order valence-electron chi connectivity index (χ4n) is 1.83. The highest BCUT2D eigenvalue weighted by Crippen LogP contribution is 2.34. The lowest BCUT2D eigenvalue weighted by molar-refractivity contribution is -0.140. The maximum atomic E-state index is 13.7. The Morgan fingerprint density at radius 2 is 1.65 bits per heavy atom. The summed E-state index contributed by atoms with van der Waals surface area (Å²) in [6, 6.07) is 5.62. The van der Waals surface area contributed by atoms with Gasteiger partial charge in [0, 0.05) is 6.07 Å². The molecule has 0 aliphatic rings. The Kier molecular flexibility index (Phi) is 4.34. The van der Waals surface area contributed by atoms with Crippen LogP contribution in [0.2, 0.25) is 0 Å². The average Bonchev–Trinajstić information content (AvgIpc) is 2.41. The fraction of sp³-hybridized carbons (Fsp3) is 0.143. The van der Waals surface area contributed by atoms with Gasteiger partial charge in [0.05, 0.1) is 16.1 Å². The van der Waals surface area contributed by atoms with E-state index in [0.717, 1.165) is 0 Å². The molecule has 0 atom stereocenters. The first-order valence-corrected chi connectivity index (χ1v) is 7.65. The molecule has 0 aliphatic heterocycles. The Bertz CT molecular complexity index is 847. The molecule has 0 amide bonds. The van der Waals surface area contributed by atoms with Crippen LogP contribution in [0.15, 0.2) is 41.3 Å². The Labute approximate surface area is 128 Å². The fourth-order valence-corrected chi connectivity index (χ4v) is 2.99. The van der Waals surface area contributed by atoms with Crippen LogP contribution in [-0.4, -0.2) is 8.42 Å². The smallest absolute Gasteiger partial charge is 0.277 e. The van der Waals surface area contributed by atoms with E-state index in [2.05, 4.69) is 0 Å². The van der Waals surface area contributed by atoms with Crippen molar-refractivity contribution in [3.05, 3.63) is 59.2 Å². The number of anilines is 1. The Morgan fingerprint density at radius 1 is 1.00 bits per heavy atom. The maximum Gasteiger partial charge on any atom is 0.419 e. The van der Waals surface area contributed by atoms with Crippen molar-refractivity contribution in [1.82, 2.24) is 0 Å². The van der Waals surface area contributed by atoms with E-state index in [4.69, 9.17) is 0 Å². The number of rotatable bonds is 3. The summed E-state index contributed by atoms with van der Waals surface area (Å²) in [4.78, 5) is -0.225. The first-order valence-electron chi connectivity index (χ1n) is 6.16. The molecule has 23 heavy (non-hydrogen) atoms. The topological polar surface area (TPSA) is 46.2 Å². The number of hydrogen-bond acceptors (Lipinski definition) is 2. The standard InChI is InChI=1S/C14H10F5NO2S/c1-8-3-2-4-9(5-8)23(21,22)20-13-7-11(15)10(6-12(13)16)14(17,18)19/h2-7,20H,1H3. The van der Waals surface area contributed by atoms with Gasteiger partial charge in [-0.05, 0) is 30.7 Å². The van der Waals surface area contributed by atoms with Gasteiger partial charge in [-0.15, -0.1) is 0 Å². The van der Waals surface area contributed by atoms with Crippen LogP contribution >= 0.6 is 0 Å². The minimum absolute atomic E-state index is 0.0938. The van der Waals surface area contributed by atoms with E-state index >= 15 is 0 Å². The van der Waals surface area contributed by atoms with Crippen LogP contribution in [0, 0.1) is 18.6 Å². The van der Waals surface area contributed by atoms with Gasteiger partial charge in [-0.1, -0.05) is 12.1 Å². The number of benzene rings is 2. The minimum Gasteiger partial charge on any atom is -0.277 e. The molecule has 0 saturated heterocycles. The molecular formula is C14H10F5NO2S. The van der Waals surface area contributed by atoms with E-state index in [0.29, 0.717) is 5.56 Å². The van der Waals surface area contributed by atoms with Crippen LogP contribution in [0.4, 0.5) is 27.6 Å². The predicted molar refractivity (Wildman–Crippen MR) is 73.3 cm³/mol. The zero-order valence-corrected chi connectivity index (χ0v) is 12.4. The molecule has 2 aromatic carbocycles. The van der Waals surface area contributed by atoms with Crippen molar-refractivity contribution in [3.8, 4) is 0 Å². The SMILES string of the molecule is Cc1cccc(S(=O)(=O)Nc2cc(F)c(C(F)(F)F)cc2F)c1. The van der Waals surface area contributed by atoms with Crippen molar-refractivity contribution in [2.75, 3.05) is 4.72 Å². The second-order valence-electron chi connectivity index (χ2n) is 4.73. The predicted octanol–water partition coefficient (Wildman–Crippen LogP) is 4.09. The summed E-state index contributed by atoms with van der Waals surface area (Å²) in [6.07, 6.45) is -5.08. The van der Waals surface area contributed by atoms with Gasteiger partial charge >= 0.3 is 6.18 Å². The summed E-state index contributed by atoms with van der Waals surface area (Å²) in [7, 11) is -4.26. The van der Waals surface area contributed by atoms with Gasteiger partial charge in [0.1, 0.15) is 11.6 Å². The third-order valence-corrected chi connectivity index (χ3v) is 4.27. The lowest BCUT2D eigenvalue weighted by Gasteiger charge is -2.13. The molecule has 9 heteroatoms. The first-order chi connectivity index (χ1) is 10.5. The molecule has 2 rings (SSSR count). The Hall–Kier alpha value is -2.16. The lowest BCUT2D eigenvalue weighted by atomic mass is 10.2. The minimum atomic E-state index is -5.08. The molecule has 0 heterocycles. The van der Waals surface area contributed by atoms with Gasteiger partial charge in [0.15, 0.2) is 0 Å². The van der Waals surface area contributed by atoms with Gasteiger partial charge in [0.2, 0.25) is 0 Å². The van der Waals surface area contributed by atoms with Crippen LogP contribution in [0.1, 0.15) is 11.1 Å². The number of aryl methyl sites for hydroxylation is 1. The van der Waals surface area contributed by atoms with E-state index in [9.17, 15) is 30.4 Å². The van der Waals surface area contributed by atoms with Crippen LogP contribution in [0.25, 0.3) is 0 Å². The van der Waals surface area contributed by atoms with Crippen molar-refractivity contribution >= 4 is 15.7 Å². The third kappa shape index (κ3) is 3.79. The Morgan fingerprint density at radius 3 is 2.22 bits per heavy atom. The van der Waals surface area contributed by atoms with Gasteiger partial charge < -0.3 is 0 Å². The second kappa shape index (κ2) is 5.80. The number of hydrogen-bond donors (Lipinski definition) is 1. The van der Waals surface area contributed by atoms with E-state index in [1.54, 1.807) is 17.7 Å². The van der Waals surface area contributed by atoms with Crippen LogP contribution in [0.5, 0.6) is 0 Å². The largest absolute Gasteiger partial charge is 0.419 e. The highest BCUT2D eigenvalue weighted by molar-refractivity contribution is 7.92. The molecule has 2 aromatic rings. The number of sulfonamides is 1. The van der Waals surface area contributed by atoms with E-state index < -0.39 is 39.1 Å². The molecule has 0 aromatic heterocycles. The summed E-state index contributed by atoms with van der Waals surface area (Å²) in [6.45, 7) is 1.62. The van der Waals surface area contributed by atoms with Crippen molar-refractivity contribution in [3.63, 3.8) is 0 Å². The summed E-state index contributed by atoms with van der Waals surface area (Å²) in [5.74, 6) is -3.31. The van der Waals surface area contributed by atoms with E-state index in [1.165, 1.54) is 18.2 Å². The molecule has 0 unspecified atom stereocenters. The monoisotopic (exact) mass is 351 g/mol. The quantitative estimate of drug-likeness (QED) is 0.847. The molecule has 0 fully saturated rings. The average molecular weight is 351 g/mol. The summed E-state index contributed by atoms with van der Waals surface area (Å²) >= 11 is 0. The van der Waals surface area contributed by atoms with E-state index in [-0.39, 0.29) is 17.0 Å². The summed E-state index contributed by atoms with van der Waals surface area (Å²) in [5.41, 5.74) is -2.11. The first kappa shape index (κ1) is 17.2. The molecule has 0 bridgehead atoms. The highest BCUT2D eigenvalue weighted by Gasteiger charge is 2.35. The van der Waals surface area contributed by atoms with Crippen molar-refractivity contribution in [2.45, 2.75) is 18.0 Å². The molecule has 0 spiro atoms. The number of halogens is 5. The van der Waals surface area contributed by atoms with Gasteiger partial charge in [0.25, 0.3) is 10.0 Å². The molecule has 124 valence electrons. The normalized spacial score (nSPS) is 12.3. The molecule has 1 N–H and O–H groups in total. The number of alkyl halides is 3. The van der Waals surface area contributed by atoms with Crippen LogP contribution in [0.3, 0.4) is 0 Å². The molecule has 0 aliphatic carbocycles. The maximum absolute atomic E-state index is 13.7. The molecule has 0 saturated carbocycles. The molecular weight excluding hydrogens is 341 g/mol. The third-order valence-electron chi connectivity index (χ3n) is 2.91. The Balaban J connectivity index is 2.43. The second-order valence-corrected chi connectivity index (χ2v) is 6.41. The molecule has 3 nitrogen and oxygen atoms in total. The van der Waals surface area contributed by atoms with Crippen molar-refractivity contribution in [1.29, 1.82) is 0 Å². The number of nitrogens with one attached hydrogen (secondary N) is 1. The van der Waals surface area contributed by atoms with Crippen molar-refractivity contribution < 1.29 is 30.4 Å².